The van der Waals surface area contributed by atoms with Gasteiger partial charge in [0.05, 0.1) is 4.92 Å². The Kier molecular flexibility index (Phi) is 2.98. The van der Waals surface area contributed by atoms with Crippen molar-refractivity contribution in [3.63, 3.8) is 0 Å². The fraction of sp³-hybridized carbons (Fsp3) is 0.455. The summed E-state index contributed by atoms with van der Waals surface area (Å²) < 4.78 is 0. The first-order valence-corrected chi connectivity index (χ1v) is 4.93. The summed E-state index contributed by atoms with van der Waals surface area (Å²) >= 11 is 0. The van der Waals surface area contributed by atoms with Gasteiger partial charge >= 0.3 is 0 Å². The third-order valence-electron chi connectivity index (χ3n) is 2.89. The van der Waals surface area contributed by atoms with Crippen molar-refractivity contribution in [1.29, 1.82) is 0 Å². The predicted octanol–water partition coefficient (Wildman–Crippen LogP) is 2.86. The van der Waals surface area contributed by atoms with Gasteiger partial charge in [-0.25, -0.2) is 0 Å². The number of nitrogens with two attached hydrogens (primary N) is 1. The van der Waals surface area contributed by atoms with E-state index in [-0.39, 0.29) is 16.8 Å². The first-order chi connectivity index (χ1) is 6.88. The van der Waals surface area contributed by atoms with Crippen LogP contribution >= 0.6 is 0 Å². The smallest absolute Gasteiger partial charge is 0.292 e. The zero-order chi connectivity index (χ0) is 11.6. The molecule has 1 aromatic rings. The molecule has 0 aliphatic rings. The average Bonchev–Trinajstić information content (AvgIpc) is 2.17. The summed E-state index contributed by atoms with van der Waals surface area (Å²) in [6, 6.07) is 5.02. The minimum absolute atomic E-state index is 0.00553. The number of rotatable bonds is 3. The van der Waals surface area contributed by atoms with Gasteiger partial charge in [-0.2, -0.15) is 0 Å². The van der Waals surface area contributed by atoms with E-state index in [1.807, 2.05) is 6.07 Å². The van der Waals surface area contributed by atoms with E-state index in [0.29, 0.717) is 0 Å². The Bertz CT molecular complexity index is 386. The van der Waals surface area contributed by atoms with Crippen LogP contribution in [0.25, 0.3) is 0 Å². The van der Waals surface area contributed by atoms with Crippen LogP contribution in [0.5, 0.6) is 0 Å². The standard InChI is InChI=1S/C11H16N2O2/c1-4-11(2,3)8-5-6-9(12)10(7-8)13(14)15/h5-7H,4,12H2,1-3H3. The summed E-state index contributed by atoms with van der Waals surface area (Å²) in [6.45, 7) is 6.17. The summed E-state index contributed by atoms with van der Waals surface area (Å²) in [6.07, 6.45) is 0.925. The number of nitro groups is 1. The molecule has 0 radical (unpaired) electrons. The van der Waals surface area contributed by atoms with Gasteiger partial charge in [-0.1, -0.05) is 26.8 Å². The number of hydrogen-bond donors (Lipinski definition) is 1. The van der Waals surface area contributed by atoms with Crippen molar-refractivity contribution in [3.05, 3.63) is 33.9 Å². The van der Waals surface area contributed by atoms with Crippen molar-refractivity contribution in [2.45, 2.75) is 32.6 Å². The second-order valence-electron chi connectivity index (χ2n) is 4.27. The zero-order valence-corrected chi connectivity index (χ0v) is 9.28. The average molecular weight is 208 g/mol. The fourth-order valence-electron chi connectivity index (χ4n) is 1.33. The molecule has 1 aromatic carbocycles. The lowest BCUT2D eigenvalue weighted by Crippen LogP contribution is -2.15. The van der Waals surface area contributed by atoms with Crippen LogP contribution in [-0.4, -0.2) is 4.92 Å². The van der Waals surface area contributed by atoms with Gasteiger partial charge in [0.1, 0.15) is 5.69 Å². The number of benzene rings is 1. The topological polar surface area (TPSA) is 69.2 Å². The zero-order valence-electron chi connectivity index (χ0n) is 9.28. The van der Waals surface area contributed by atoms with Crippen LogP contribution in [0, 0.1) is 10.1 Å². The number of nitrogen functional groups attached to an aromatic ring is 1. The Morgan fingerprint density at radius 2 is 2.07 bits per heavy atom. The van der Waals surface area contributed by atoms with Crippen LogP contribution in [0.4, 0.5) is 11.4 Å². The quantitative estimate of drug-likeness (QED) is 0.471. The second-order valence-corrected chi connectivity index (χ2v) is 4.27. The van der Waals surface area contributed by atoms with Gasteiger partial charge in [-0.05, 0) is 23.5 Å². The van der Waals surface area contributed by atoms with E-state index in [2.05, 4.69) is 20.8 Å². The van der Waals surface area contributed by atoms with Crippen LogP contribution in [-0.2, 0) is 5.41 Å². The van der Waals surface area contributed by atoms with Gasteiger partial charge in [0.15, 0.2) is 0 Å². The molecule has 2 N–H and O–H groups in total. The molecule has 0 bridgehead atoms. The summed E-state index contributed by atoms with van der Waals surface area (Å²) in [5, 5.41) is 10.7. The summed E-state index contributed by atoms with van der Waals surface area (Å²) in [5.41, 5.74) is 6.64. The molecule has 82 valence electrons. The van der Waals surface area contributed by atoms with Crippen molar-refractivity contribution in [1.82, 2.24) is 0 Å². The minimum Gasteiger partial charge on any atom is -0.393 e. The molecule has 0 fully saturated rings. The van der Waals surface area contributed by atoms with Gasteiger partial charge in [-0.3, -0.25) is 10.1 Å². The molecule has 0 aromatic heterocycles. The maximum Gasteiger partial charge on any atom is 0.292 e. The maximum absolute atomic E-state index is 10.7. The molecule has 0 amide bonds. The normalized spacial score (nSPS) is 11.4. The first-order valence-electron chi connectivity index (χ1n) is 4.93. The van der Waals surface area contributed by atoms with E-state index in [9.17, 15) is 10.1 Å². The van der Waals surface area contributed by atoms with Gasteiger partial charge < -0.3 is 5.73 Å². The van der Waals surface area contributed by atoms with Crippen LogP contribution < -0.4 is 5.73 Å². The number of hydrogen-bond acceptors (Lipinski definition) is 3. The molecule has 1 rings (SSSR count). The molecule has 0 aliphatic heterocycles. The number of nitrogens with zero attached hydrogens (tertiary/aromatic N) is 1. The molecule has 0 heterocycles. The third kappa shape index (κ3) is 2.26. The Morgan fingerprint density at radius 1 is 1.47 bits per heavy atom. The molecule has 15 heavy (non-hydrogen) atoms. The summed E-state index contributed by atoms with van der Waals surface area (Å²) in [5.74, 6) is 0. The van der Waals surface area contributed by atoms with Crippen LogP contribution in [0.2, 0.25) is 0 Å². The van der Waals surface area contributed by atoms with E-state index in [0.717, 1.165) is 12.0 Å². The molecular formula is C11H16N2O2. The third-order valence-corrected chi connectivity index (χ3v) is 2.89. The van der Waals surface area contributed by atoms with E-state index in [1.54, 1.807) is 12.1 Å². The Morgan fingerprint density at radius 3 is 2.53 bits per heavy atom. The first kappa shape index (κ1) is 11.5. The van der Waals surface area contributed by atoms with Crippen molar-refractivity contribution >= 4 is 11.4 Å². The van der Waals surface area contributed by atoms with Crippen LogP contribution in [0.1, 0.15) is 32.8 Å². The van der Waals surface area contributed by atoms with Crippen LogP contribution in [0.3, 0.4) is 0 Å². The number of nitro benzene ring substituents is 1. The Balaban J connectivity index is 3.25. The van der Waals surface area contributed by atoms with E-state index in [1.165, 1.54) is 0 Å². The highest BCUT2D eigenvalue weighted by Crippen LogP contribution is 2.31. The van der Waals surface area contributed by atoms with Gasteiger partial charge in [0.2, 0.25) is 0 Å². The highest BCUT2D eigenvalue weighted by Gasteiger charge is 2.21. The molecule has 4 heteroatoms. The second kappa shape index (κ2) is 3.88. The monoisotopic (exact) mass is 208 g/mol. The minimum atomic E-state index is -0.440. The highest BCUT2D eigenvalue weighted by atomic mass is 16.6. The van der Waals surface area contributed by atoms with E-state index < -0.39 is 4.92 Å². The largest absolute Gasteiger partial charge is 0.393 e. The summed E-state index contributed by atoms with van der Waals surface area (Å²) in [4.78, 5) is 10.3. The lowest BCUT2D eigenvalue weighted by molar-refractivity contribution is -0.384. The Labute approximate surface area is 89.2 Å². The van der Waals surface area contributed by atoms with Gasteiger partial charge in [-0.15, -0.1) is 0 Å². The molecule has 0 aliphatic carbocycles. The van der Waals surface area contributed by atoms with E-state index in [4.69, 9.17) is 5.73 Å². The maximum atomic E-state index is 10.7. The van der Waals surface area contributed by atoms with Gasteiger partial charge in [0.25, 0.3) is 5.69 Å². The lowest BCUT2D eigenvalue weighted by atomic mass is 9.82. The van der Waals surface area contributed by atoms with Crippen LogP contribution in [0.15, 0.2) is 18.2 Å². The molecule has 4 nitrogen and oxygen atoms in total. The molecular weight excluding hydrogens is 192 g/mol. The Hall–Kier alpha value is -1.58. The molecule has 0 spiro atoms. The van der Waals surface area contributed by atoms with Crippen molar-refractivity contribution in [3.8, 4) is 0 Å². The summed E-state index contributed by atoms with van der Waals surface area (Å²) in [7, 11) is 0. The molecule has 0 saturated heterocycles. The van der Waals surface area contributed by atoms with Crippen molar-refractivity contribution < 1.29 is 4.92 Å². The fourth-order valence-corrected chi connectivity index (χ4v) is 1.33. The predicted molar refractivity (Wildman–Crippen MR) is 60.8 cm³/mol. The molecule has 0 atom stereocenters. The van der Waals surface area contributed by atoms with Crippen molar-refractivity contribution in [2.75, 3.05) is 5.73 Å². The lowest BCUT2D eigenvalue weighted by Gasteiger charge is -2.23. The molecule has 0 saturated carbocycles. The van der Waals surface area contributed by atoms with Crippen molar-refractivity contribution in [2.24, 2.45) is 0 Å². The van der Waals surface area contributed by atoms with Gasteiger partial charge in [0, 0.05) is 6.07 Å². The number of anilines is 1. The SMILES string of the molecule is CCC(C)(C)c1ccc(N)c([N+](=O)[O-])c1. The molecule has 0 unspecified atom stereocenters. The van der Waals surface area contributed by atoms with E-state index >= 15 is 0 Å². The highest BCUT2D eigenvalue weighted by molar-refractivity contribution is 5.59.